The van der Waals surface area contributed by atoms with Crippen LogP contribution >= 0.6 is 0 Å². The Morgan fingerprint density at radius 3 is 3.15 bits per heavy atom. The molecule has 3 nitrogen and oxygen atoms in total. The van der Waals surface area contributed by atoms with Crippen molar-refractivity contribution in [2.75, 3.05) is 0 Å². The number of rotatable bonds is 1. The first-order valence-corrected chi connectivity index (χ1v) is 4.61. The Hall–Kier alpha value is -0.900. The molecule has 0 radical (unpaired) electrons. The number of nitrogens with one attached hydrogen (secondary N) is 1. The van der Waals surface area contributed by atoms with E-state index in [1.807, 2.05) is 0 Å². The number of nitrogens with two attached hydrogens (primary N) is 1. The second-order valence-corrected chi connectivity index (χ2v) is 3.78. The number of aromatic amines is 1. The van der Waals surface area contributed by atoms with Crippen molar-refractivity contribution in [2.24, 2.45) is 5.73 Å². The van der Waals surface area contributed by atoms with Crippen LogP contribution in [0.25, 0.3) is 0 Å². The molecule has 72 valence electrons. The summed E-state index contributed by atoms with van der Waals surface area (Å²) >= 11 is 0. The van der Waals surface area contributed by atoms with Crippen LogP contribution in [0.1, 0.15) is 36.7 Å². The van der Waals surface area contributed by atoms with Gasteiger partial charge in [-0.05, 0) is 26.2 Å². The maximum Gasteiger partial charge on any atom is 0.136 e. The summed E-state index contributed by atoms with van der Waals surface area (Å²) in [6.45, 7) is 1.92. The van der Waals surface area contributed by atoms with Crippen LogP contribution in [0.3, 0.4) is 0 Å². The molecule has 0 saturated carbocycles. The SMILES string of the molecule is CC1(F)CCCc2[nH]nc(CN)c21. The van der Waals surface area contributed by atoms with E-state index in [1.54, 1.807) is 6.92 Å². The summed E-state index contributed by atoms with van der Waals surface area (Å²) in [5.74, 6) is 0. The zero-order valence-corrected chi connectivity index (χ0v) is 7.73. The van der Waals surface area contributed by atoms with Crippen molar-refractivity contribution in [1.82, 2.24) is 10.2 Å². The van der Waals surface area contributed by atoms with Crippen molar-refractivity contribution < 1.29 is 4.39 Å². The van der Waals surface area contributed by atoms with Crippen molar-refractivity contribution in [1.29, 1.82) is 0 Å². The van der Waals surface area contributed by atoms with Crippen LogP contribution in [0.4, 0.5) is 4.39 Å². The Labute approximate surface area is 76.5 Å². The molecule has 0 saturated heterocycles. The van der Waals surface area contributed by atoms with Crippen molar-refractivity contribution in [2.45, 2.75) is 38.4 Å². The lowest BCUT2D eigenvalue weighted by Crippen LogP contribution is -2.23. The molecule has 13 heavy (non-hydrogen) atoms. The molecular formula is C9H14FN3. The molecule has 4 heteroatoms. The first-order valence-electron chi connectivity index (χ1n) is 4.61. The van der Waals surface area contributed by atoms with E-state index in [-0.39, 0.29) is 0 Å². The van der Waals surface area contributed by atoms with Crippen molar-refractivity contribution in [3.05, 3.63) is 17.0 Å². The number of aromatic nitrogens is 2. The molecular weight excluding hydrogens is 169 g/mol. The summed E-state index contributed by atoms with van der Waals surface area (Å²) < 4.78 is 14.0. The lowest BCUT2D eigenvalue weighted by atomic mass is 9.84. The van der Waals surface area contributed by atoms with Gasteiger partial charge in [-0.15, -0.1) is 0 Å². The Morgan fingerprint density at radius 2 is 2.46 bits per heavy atom. The molecule has 3 N–H and O–H groups in total. The number of H-pyrrole nitrogens is 1. The first kappa shape index (κ1) is 8.69. The number of alkyl halides is 1. The third-order valence-corrected chi connectivity index (χ3v) is 2.70. The topological polar surface area (TPSA) is 54.7 Å². The Kier molecular flexibility index (Phi) is 1.87. The number of hydrogen-bond donors (Lipinski definition) is 2. The Balaban J connectivity index is 2.52. The highest BCUT2D eigenvalue weighted by Crippen LogP contribution is 2.39. The lowest BCUT2D eigenvalue weighted by Gasteiger charge is -2.26. The molecule has 1 heterocycles. The molecule has 1 aromatic heterocycles. The Morgan fingerprint density at radius 1 is 1.69 bits per heavy atom. The molecule has 1 atom stereocenters. The third kappa shape index (κ3) is 1.25. The summed E-state index contributed by atoms with van der Waals surface area (Å²) in [4.78, 5) is 0. The maximum absolute atomic E-state index is 14.0. The van der Waals surface area contributed by atoms with E-state index in [9.17, 15) is 4.39 Å². The van der Waals surface area contributed by atoms with Crippen LogP contribution in [0.15, 0.2) is 0 Å². The molecule has 1 aliphatic rings. The average Bonchev–Trinajstić information content (AvgIpc) is 2.48. The van der Waals surface area contributed by atoms with E-state index in [2.05, 4.69) is 10.2 Å². The summed E-state index contributed by atoms with van der Waals surface area (Å²) in [7, 11) is 0. The average molecular weight is 183 g/mol. The van der Waals surface area contributed by atoms with Crippen molar-refractivity contribution in [3.8, 4) is 0 Å². The molecule has 0 spiro atoms. The van der Waals surface area contributed by atoms with Crippen LogP contribution in [-0.2, 0) is 18.6 Å². The fourth-order valence-corrected chi connectivity index (χ4v) is 2.09. The molecule has 0 aliphatic heterocycles. The first-order chi connectivity index (χ1) is 6.15. The van der Waals surface area contributed by atoms with E-state index in [0.29, 0.717) is 24.2 Å². The third-order valence-electron chi connectivity index (χ3n) is 2.70. The van der Waals surface area contributed by atoms with E-state index in [0.717, 1.165) is 18.5 Å². The zero-order valence-electron chi connectivity index (χ0n) is 7.73. The van der Waals surface area contributed by atoms with E-state index < -0.39 is 5.67 Å². The summed E-state index contributed by atoms with van der Waals surface area (Å²) in [5, 5.41) is 6.88. The number of halogens is 1. The van der Waals surface area contributed by atoms with Gasteiger partial charge in [0.25, 0.3) is 0 Å². The summed E-state index contributed by atoms with van der Waals surface area (Å²) in [6.07, 6.45) is 2.35. The number of fused-ring (bicyclic) bond motifs is 1. The highest BCUT2D eigenvalue weighted by atomic mass is 19.1. The number of hydrogen-bond acceptors (Lipinski definition) is 2. The monoisotopic (exact) mass is 183 g/mol. The van der Waals surface area contributed by atoms with E-state index in [1.165, 1.54) is 0 Å². The van der Waals surface area contributed by atoms with Crippen LogP contribution in [0.5, 0.6) is 0 Å². The van der Waals surface area contributed by atoms with Crippen LogP contribution < -0.4 is 5.73 Å². The maximum atomic E-state index is 14.0. The largest absolute Gasteiger partial charge is 0.325 e. The van der Waals surface area contributed by atoms with Crippen molar-refractivity contribution in [3.63, 3.8) is 0 Å². The molecule has 0 fully saturated rings. The van der Waals surface area contributed by atoms with Crippen LogP contribution in [-0.4, -0.2) is 10.2 Å². The summed E-state index contributed by atoms with van der Waals surface area (Å²) in [5.41, 5.74) is 6.57. The highest BCUT2D eigenvalue weighted by molar-refractivity contribution is 5.33. The van der Waals surface area contributed by atoms with Gasteiger partial charge in [0.15, 0.2) is 0 Å². The standard InChI is InChI=1S/C9H14FN3/c1-9(10)4-2-3-6-8(9)7(5-11)13-12-6/h2-5,11H2,1H3,(H,12,13). The molecule has 0 amide bonds. The van der Waals surface area contributed by atoms with Gasteiger partial charge in [0, 0.05) is 17.8 Å². The fraction of sp³-hybridized carbons (Fsp3) is 0.667. The second kappa shape index (κ2) is 2.80. The smallest absolute Gasteiger partial charge is 0.136 e. The Bertz CT molecular complexity index is 303. The predicted octanol–water partition coefficient (Wildman–Crippen LogP) is 1.39. The number of aryl methyl sites for hydroxylation is 1. The van der Waals surface area contributed by atoms with Gasteiger partial charge < -0.3 is 5.73 Å². The van der Waals surface area contributed by atoms with E-state index in [4.69, 9.17) is 5.73 Å². The van der Waals surface area contributed by atoms with E-state index >= 15 is 0 Å². The minimum atomic E-state index is -1.24. The predicted molar refractivity (Wildman–Crippen MR) is 47.9 cm³/mol. The normalized spacial score (nSPS) is 27.3. The summed E-state index contributed by atoms with van der Waals surface area (Å²) in [6, 6.07) is 0. The molecule has 1 aromatic rings. The van der Waals surface area contributed by atoms with Gasteiger partial charge in [0.1, 0.15) is 5.67 Å². The zero-order chi connectivity index (χ0) is 9.47. The fourth-order valence-electron chi connectivity index (χ4n) is 2.09. The molecule has 1 unspecified atom stereocenters. The minimum Gasteiger partial charge on any atom is -0.325 e. The molecule has 1 aliphatic carbocycles. The van der Waals surface area contributed by atoms with Gasteiger partial charge in [-0.3, -0.25) is 5.10 Å². The van der Waals surface area contributed by atoms with Crippen molar-refractivity contribution >= 4 is 0 Å². The van der Waals surface area contributed by atoms with Crippen LogP contribution in [0.2, 0.25) is 0 Å². The molecule has 2 rings (SSSR count). The quantitative estimate of drug-likeness (QED) is 0.691. The lowest BCUT2D eigenvalue weighted by molar-refractivity contribution is 0.160. The molecule has 0 bridgehead atoms. The highest BCUT2D eigenvalue weighted by Gasteiger charge is 2.35. The second-order valence-electron chi connectivity index (χ2n) is 3.78. The van der Waals surface area contributed by atoms with Crippen LogP contribution in [0, 0.1) is 0 Å². The van der Waals surface area contributed by atoms with Gasteiger partial charge in [0.2, 0.25) is 0 Å². The van der Waals surface area contributed by atoms with Gasteiger partial charge in [-0.1, -0.05) is 0 Å². The van der Waals surface area contributed by atoms with Gasteiger partial charge in [0.05, 0.1) is 5.69 Å². The van der Waals surface area contributed by atoms with Gasteiger partial charge in [-0.2, -0.15) is 5.10 Å². The van der Waals surface area contributed by atoms with Gasteiger partial charge >= 0.3 is 0 Å². The number of nitrogens with zero attached hydrogens (tertiary/aromatic N) is 1. The minimum absolute atomic E-state index is 0.311. The van der Waals surface area contributed by atoms with Gasteiger partial charge in [-0.25, -0.2) is 4.39 Å². The molecule has 0 aromatic carbocycles.